The lowest BCUT2D eigenvalue weighted by molar-refractivity contribution is 0.0326. The van der Waals surface area contributed by atoms with Gasteiger partial charge in [0.25, 0.3) is 0 Å². The number of halogens is 2. The number of hydrogen-bond acceptors (Lipinski definition) is 1. The van der Waals surface area contributed by atoms with Crippen molar-refractivity contribution in [2.45, 2.75) is 83.7 Å². The van der Waals surface area contributed by atoms with E-state index in [0.717, 1.165) is 61.3 Å². The third-order valence-corrected chi connectivity index (χ3v) is 7.78. The van der Waals surface area contributed by atoms with Crippen molar-refractivity contribution >= 4 is 17.2 Å². The molecule has 0 amide bonds. The Morgan fingerprint density at radius 2 is 1.66 bits per heavy atom. The molecule has 1 atom stereocenters. The van der Waals surface area contributed by atoms with Crippen molar-refractivity contribution in [3.05, 3.63) is 64.4 Å². The van der Waals surface area contributed by atoms with Crippen LogP contribution in [0.2, 0.25) is 5.02 Å². The number of hydrogen-bond donors (Lipinski definition) is 0. The maximum Gasteiger partial charge on any atom is 0.145 e. The lowest BCUT2D eigenvalue weighted by Crippen LogP contribution is -2.21. The summed E-state index contributed by atoms with van der Waals surface area (Å²) in [5, 5.41) is 0.251. The molecule has 0 aliphatic heterocycles. The summed E-state index contributed by atoms with van der Waals surface area (Å²) >= 11 is 6.55. The molecule has 0 spiro atoms. The van der Waals surface area contributed by atoms with Crippen LogP contribution in [0.3, 0.4) is 0 Å². The van der Waals surface area contributed by atoms with Crippen LogP contribution in [0.1, 0.15) is 88.7 Å². The molecule has 0 bridgehead atoms. The van der Waals surface area contributed by atoms with Gasteiger partial charge in [-0.15, -0.1) is 0 Å². The molecular formula is C29H36ClFO. The van der Waals surface area contributed by atoms with Crippen LogP contribution < -0.4 is 0 Å². The van der Waals surface area contributed by atoms with Crippen LogP contribution in [-0.2, 0) is 4.74 Å². The number of rotatable bonds is 7. The Hall–Kier alpha value is -1.64. The highest BCUT2D eigenvalue weighted by molar-refractivity contribution is 6.33. The molecule has 2 aromatic rings. The predicted octanol–water partition coefficient (Wildman–Crippen LogP) is 9.19. The van der Waals surface area contributed by atoms with Gasteiger partial charge in [0.2, 0.25) is 0 Å². The Morgan fingerprint density at radius 3 is 2.28 bits per heavy atom. The minimum Gasteiger partial charge on any atom is -0.379 e. The van der Waals surface area contributed by atoms with Gasteiger partial charge in [0.05, 0.1) is 11.1 Å². The lowest BCUT2D eigenvalue weighted by Gasteiger charge is -2.29. The first-order valence-electron chi connectivity index (χ1n) is 12.5. The average Bonchev–Trinajstić information content (AvgIpc) is 2.83. The van der Waals surface area contributed by atoms with E-state index >= 15 is 4.39 Å². The number of ether oxygens (including phenoxy) is 1. The summed E-state index contributed by atoms with van der Waals surface area (Å²) in [5.41, 5.74) is 5.24. The molecule has 0 aromatic heterocycles. The maximum absolute atomic E-state index is 15.3. The number of benzene rings is 2. The van der Waals surface area contributed by atoms with E-state index in [4.69, 9.17) is 16.3 Å². The zero-order valence-corrected chi connectivity index (χ0v) is 20.3. The second kappa shape index (κ2) is 11.0. The van der Waals surface area contributed by atoms with E-state index in [9.17, 15) is 0 Å². The number of allylic oxidation sites excluding steroid dienone is 2. The monoisotopic (exact) mass is 454 g/mol. The molecule has 4 rings (SSSR count). The van der Waals surface area contributed by atoms with Crippen LogP contribution in [-0.4, -0.2) is 12.7 Å². The van der Waals surface area contributed by atoms with Gasteiger partial charge in [-0.2, -0.15) is 0 Å². The Bertz CT molecular complexity index is 925. The molecule has 1 saturated carbocycles. The van der Waals surface area contributed by atoms with Gasteiger partial charge in [-0.3, -0.25) is 0 Å². The van der Waals surface area contributed by atoms with Gasteiger partial charge in [-0.05, 0) is 86.0 Å². The summed E-state index contributed by atoms with van der Waals surface area (Å²) in [4.78, 5) is 0. The first kappa shape index (κ1) is 23.5. The van der Waals surface area contributed by atoms with Crippen molar-refractivity contribution < 1.29 is 9.13 Å². The van der Waals surface area contributed by atoms with Gasteiger partial charge >= 0.3 is 0 Å². The van der Waals surface area contributed by atoms with Crippen molar-refractivity contribution in [3.63, 3.8) is 0 Å². The van der Waals surface area contributed by atoms with Crippen LogP contribution in [0.25, 0.3) is 16.7 Å². The molecule has 3 heteroatoms. The Balaban J connectivity index is 1.47. The summed E-state index contributed by atoms with van der Waals surface area (Å²) in [6, 6.07) is 12.5. The van der Waals surface area contributed by atoms with Crippen molar-refractivity contribution in [1.29, 1.82) is 0 Å². The third-order valence-electron chi connectivity index (χ3n) is 7.41. The Morgan fingerprint density at radius 1 is 0.938 bits per heavy atom. The zero-order chi connectivity index (χ0) is 22.5. The van der Waals surface area contributed by atoms with Crippen molar-refractivity contribution in [3.8, 4) is 11.1 Å². The van der Waals surface area contributed by atoms with Crippen molar-refractivity contribution in [1.82, 2.24) is 0 Å². The van der Waals surface area contributed by atoms with E-state index in [2.05, 4.69) is 37.3 Å². The second-order valence-corrected chi connectivity index (χ2v) is 9.87. The molecule has 172 valence electrons. The predicted molar refractivity (Wildman–Crippen MR) is 134 cm³/mol. The summed E-state index contributed by atoms with van der Waals surface area (Å²) in [6.45, 7) is 5.05. The highest BCUT2D eigenvalue weighted by Gasteiger charge is 2.26. The first-order valence-corrected chi connectivity index (χ1v) is 12.9. The van der Waals surface area contributed by atoms with E-state index in [0.29, 0.717) is 6.10 Å². The van der Waals surface area contributed by atoms with Crippen LogP contribution in [0, 0.1) is 11.7 Å². The molecule has 0 N–H and O–H groups in total. The molecule has 2 aliphatic rings. The summed E-state index contributed by atoms with van der Waals surface area (Å²) in [5.74, 6) is 0.831. The highest BCUT2D eigenvalue weighted by Crippen LogP contribution is 2.40. The fourth-order valence-electron chi connectivity index (χ4n) is 5.56. The van der Waals surface area contributed by atoms with E-state index in [1.165, 1.54) is 36.8 Å². The second-order valence-electron chi connectivity index (χ2n) is 9.50. The summed E-state index contributed by atoms with van der Waals surface area (Å²) < 4.78 is 21.0. The van der Waals surface area contributed by atoms with Crippen LogP contribution >= 0.6 is 11.6 Å². The maximum atomic E-state index is 15.3. The lowest BCUT2D eigenvalue weighted by atomic mass is 9.82. The molecule has 0 saturated heterocycles. The molecule has 0 heterocycles. The summed E-state index contributed by atoms with van der Waals surface area (Å²) in [6.07, 6.45) is 12.9. The molecule has 2 aliphatic carbocycles. The van der Waals surface area contributed by atoms with Gasteiger partial charge in [-0.25, -0.2) is 4.39 Å². The van der Waals surface area contributed by atoms with Crippen LogP contribution in [0.4, 0.5) is 4.39 Å². The molecule has 1 fully saturated rings. The largest absolute Gasteiger partial charge is 0.379 e. The Labute approximate surface area is 198 Å². The fraction of sp³-hybridized carbons (Fsp3) is 0.517. The summed E-state index contributed by atoms with van der Waals surface area (Å²) in [7, 11) is 0. The van der Waals surface area contributed by atoms with E-state index in [1.807, 2.05) is 19.1 Å². The minimum absolute atomic E-state index is 0.232. The van der Waals surface area contributed by atoms with Gasteiger partial charge < -0.3 is 4.74 Å². The van der Waals surface area contributed by atoms with Crippen molar-refractivity contribution in [2.75, 3.05) is 6.61 Å². The van der Waals surface area contributed by atoms with Gasteiger partial charge in [0, 0.05) is 12.2 Å². The molecule has 32 heavy (non-hydrogen) atoms. The molecule has 1 nitrogen and oxygen atoms in total. The van der Waals surface area contributed by atoms with Crippen LogP contribution in [0.5, 0.6) is 0 Å². The standard InChI is InChI=1S/C29H36ClFO/c1-3-5-20-6-8-21(9-7-20)22-10-12-23(13-11-22)26-18-19-27(29(31)28(26)30)24-14-16-25(17-15-24)32-4-2/h8,10-13,18-20,24-25H,3-7,9,14-17H2,1-2H3. The van der Waals surface area contributed by atoms with Gasteiger partial charge in [0.1, 0.15) is 5.82 Å². The van der Waals surface area contributed by atoms with Crippen molar-refractivity contribution in [2.24, 2.45) is 5.92 Å². The third kappa shape index (κ3) is 5.29. The van der Waals surface area contributed by atoms with E-state index in [1.54, 1.807) is 0 Å². The molecule has 1 unspecified atom stereocenters. The SMILES string of the molecule is CCCC1CC=C(c2ccc(-c3ccc(C4CCC(OCC)CC4)c(F)c3Cl)cc2)CC1. The van der Waals surface area contributed by atoms with Gasteiger partial charge in [0.15, 0.2) is 0 Å². The zero-order valence-electron chi connectivity index (χ0n) is 19.5. The van der Waals surface area contributed by atoms with Crippen LogP contribution in [0.15, 0.2) is 42.5 Å². The quantitative estimate of drug-likeness (QED) is 0.405. The minimum atomic E-state index is -0.245. The fourth-order valence-corrected chi connectivity index (χ4v) is 5.85. The normalized spacial score (nSPS) is 23.8. The average molecular weight is 455 g/mol. The molecule has 0 radical (unpaired) electrons. The smallest absolute Gasteiger partial charge is 0.145 e. The highest BCUT2D eigenvalue weighted by atomic mass is 35.5. The van der Waals surface area contributed by atoms with E-state index < -0.39 is 0 Å². The topological polar surface area (TPSA) is 9.23 Å². The van der Waals surface area contributed by atoms with E-state index in [-0.39, 0.29) is 16.8 Å². The molecule has 2 aromatic carbocycles. The van der Waals surface area contributed by atoms with Gasteiger partial charge in [-0.1, -0.05) is 73.8 Å². The first-order chi connectivity index (χ1) is 15.6. The Kier molecular flexibility index (Phi) is 8.07. The molecular weight excluding hydrogens is 419 g/mol.